The number of hydrogen-bond donors (Lipinski definition) is 2. The van der Waals surface area contributed by atoms with Gasteiger partial charge in [-0.2, -0.15) is 0 Å². The minimum Gasteiger partial charge on any atom is -0.374 e. The van der Waals surface area contributed by atoms with Crippen molar-refractivity contribution in [3.8, 4) is 0 Å². The van der Waals surface area contributed by atoms with Gasteiger partial charge in [-0.1, -0.05) is 0 Å². The molecule has 4 heteroatoms. The predicted octanol–water partition coefficient (Wildman–Crippen LogP) is 2.00. The first-order valence-electron chi connectivity index (χ1n) is 6.51. The quantitative estimate of drug-likeness (QED) is 0.845. The van der Waals surface area contributed by atoms with Crippen LogP contribution in [0.1, 0.15) is 12.8 Å². The van der Waals surface area contributed by atoms with Crippen LogP contribution >= 0.6 is 0 Å². The van der Waals surface area contributed by atoms with E-state index in [1.165, 1.54) is 18.5 Å². The maximum atomic E-state index is 4.25. The number of aromatic nitrogens is 2. The maximum Gasteiger partial charge on any atom is 0.0931 e. The Hall–Kier alpha value is -1.55. The topological polar surface area (TPSA) is 44.0 Å². The summed E-state index contributed by atoms with van der Waals surface area (Å²) in [5.41, 5.74) is 3.89. The largest absolute Gasteiger partial charge is 0.374 e. The van der Waals surface area contributed by atoms with Crippen molar-refractivity contribution in [2.45, 2.75) is 12.8 Å². The first kappa shape index (κ1) is 11.5. The summed E-state index contributed by atoms with van der Waals surface area (Å²) < 4.78 is 0. The van der Waals surface area contributed by atoms with Crippen LogP contribution in [0.15, 0.2) is 24.5 Å². The fraction of sp³-hybridized carbons (Fsp3) is 0.500. The summed E-state index contributed by atoms with van der Waals surface area (Å²) in [7, 11) is 4.21. The lowest BCUT2D eigenvalue weighted by molar-refractivity contribution is 0.482. The molecule has 0 spiro atoms. The van der Waals surface area contributed by atoms with E-state index in [9.17, 15) is 0 Å². The molecular weight excluding hydrogens is 224 g/mol. The third-order valence-corrected chi connectivity index (χ3v) is 3.93. The summed E-state index contributed by atoms with van der Waals surface area (Å²) in [6, 6.07) is 6.41. The molecule has 0 unspecified atom stereocenters. The Morgan fingerprint density at radius 2 is 2.28 bits per heavy atom. The minimum absolute atomic E-state index is 0.493. The zero-order chi connectivity index (χ0) is 12.6. The van der Waals surface area contributed by atoms with Gasteiger partial charge in [0.15, 0.2) is 0 Å². The van der Waals surface area contributed by atoms with E-state index in [-0.39, 0.29) is 0 Å². The maximum absolute atomic E-state index is 4.25. The fourth-order valence-electron chi connectivity index (χ4n) is 2.70. The number of nitrogens with zero attached hydrogens (tertiary/aromatic N) is 2. The van der Waals surface area contributed by atoms with Crippen molar-refractivity contribution in [1.82, 2.24) is 15.3 Å². The molecule has 96 valence electrons. The van der Waals surface area contributed by atoms with Crippen LogP contribution in [-0.2, 0) is 0 Å². The van der Waals surface area contributed by atoms with Gasteiger partial charge in [-0.25, -0.2) is 4.98 Å². The van der Waals surface area contributed by atoms with Gasteiger partial charge >= 0.3 is 0 Å². The third-order valence-electron chi connectivity index (χ3n) is 3.93. The lowest BCUT2D eigenvalue weighted by atomic mass is 10.1. The van der Waals surface area contributed by atoms with Crippen molar-refractivity contribution in [3.63, 3.8) is 0 Å². The number of aromatic amines is 1. The number of imidazole rings is 1. The van der Waals surface area contributed by atoms with Crippen LogP contribution in [0.2, 0.25) is 0 Å². The van der Waals surface area contributed by atoms with Crippen LogP contribution in [0.3, 0.4) is 0 Å². The SMILES string of the molecule is CNCC1(CN(C)c2ccc3nc[nH]c3c2)CC1. The van der Waals surface area contributed by atoms with Crippen LogP contribution < -0.4 is 10.2 Å². The van der Waals surface area contributed by atoms with Crippen LogP contribution in [0.4, 0.5) is 5.69 Å². The van der Waals surface area contributed by atoms with Gasteiger partial charge in [-0.05, 0) is 38.1 Å². The molecule has 1 saturated carbocycles. The van der Waals surface area contributed by atoms with E-state index < -0.39 is 0 Å². The average molecular weight is 244 g/mol. The monoisotopic (exact) mass is 244 g/mol. The van der Waals surface area contributed by atoms with Crippen LogP contribution in [0.25, 0.3) is 11.0 Å². The molecule has 3 rings (SSSR count). The summed E-state index contributed by atoms with van der Waals surface area (Å²) in [5.74, 6) is 0. The molecule has 2 aromatic rings. The zero-order valence-electron chi connectivity index (χ0n) is 11.0. The van der Waals surface area contributed by atoms with E-state index in [0.29, 0.717) is 5.41 Å². The van der Waals surface area contributed by atoms with Crippen LogP contribution in [0.5, 0.6) is 0 Å². The second kappa shape index (κ2) is 4.28. The molecule has 0 amide bonds. The molecule has 0 bridgehead atoms. The number of rotatable bonds is 5. The van der Waals surface area contributed by atoms with Gasteiger partial charge in [0.2, 0.25) is 0 Å². The molecule has 18 heavy (non-hydrogen) atoms. The van der Waals surface area contributed by atoms with Gasteiger partial charge in [-0.3, -0.25) is 0 Å². The number of fused-ring (bicyclic) bond motifs is 1. The normalized spacial score (nSPS) is 17.0. The Morgan fingerprint density at radius 1 is 1.44 bits per heavy atom. The van der Waals surface area contributed by atoms with Gasteiger partial charge in [0.1, 0.15) is 0 Å². The van der Waals surface area contributed by atoms with Crippen molar-refractivity contribution in [1.29, 1.82) is 0 Å². The van der Waals surface area contributed by atoms with Crippen LogP contribution in [0, 0.1) is 5.41 Å². The summed E-state index contributed by atoms with van der Waals surface area (Å²) in [6.45, 7) is 2.23. The minimum atomic E-state index is 0.493. The number of benzene rings is 1. The molecule has 1 aliphatic carbocycles. The molecular formula is C14H20N4. The van der Waals surface area contributed by atoms with E-state index in [1.54, 1.807) is 6.33 Å². The molecule has 0 saturated heterocycles. The van der Waals surface area contributed by atoms with E-state index in [4.69, 9.17) is 0 Å². The summed E-state index contributed by atoms with van der Waals surface area (Å²) >= 11 is 0. The highest BCUT2D eigenvalue weighted by Crippen LogP contribution is 2.45. The van der Waals surface area contributed by atoms with Gasteiger partial charge in [0.05, 0.1) is 17.4 Å². The molecule has 1 aromatic carbocycles. The third kappa shape index (κ3) is 2.08. The fourth-order valence-corrected chi connectivity index (χ4v) is 2.70. The summed E-state index contributed by atoms with van der Waals surface area (Å²) in [4.78, 5) is 9.77. The highest BCUT2D eigenvalue weighted by Gasteiger charge is 2.42. The molecule has 2 N–H and O–H groups in total. The van der Waals surface area contributed by atoms with Crippen molar-refractivity contribution in [2.24, 2.45) is 5.41 Å². The van der Waals surface area contributed by atoms with Crippen LogP contribution in [-0.4, -0.2) is 37.2 Å². The van der Waals surface area contributed by atoms with Crippen molar-refractivity contribution >= 4 is 16.7 Å². The van der Waals surface area contributed by atoms with Crippen molar-refractivity contribution in [3.05, 3.63) is 24.5 Å². The van der Waals surface area contributed by atoms with Gasteiger partial charge in [-0.15, -0.1) is 0 Å². The highest BCUT2D eigenvalue weighted by atomic mass is 15.1. The Bertz CT molecular complexity index is 541. The zero-order valence-corrected chi connectivity index (χ0v) is 11.0. The average Bonchev–Trinajstić information content (AvgIpc) is 2.95. The summed E-state index contributed by atoms with van der Waals surface area (Å²) in [5, 5.41) is 3.31. The number of anilines is 1. The number of H-pyrrole nitrogens is 1. The lowest BCUT2D eigenvalue weighted by Gasteiger charge is -2.25. The first-order valence-corrected chi connectivity index (χ1v) is 6.51. The molecule has 4 nitrogen and oxygen atoms in total. The Morgan fingerprint density at radius 3 is 3.00 bits per heavy atom. The van der Waals surface area contributed by atoms with E-state index in [0.717, 1.165) is 24.1 Å². The molecule has 0 radical (unpaired) electrons. The molecule has 1 heterocycles. The van der Waals surface area contributed by atoms with E-state index in [2.05, 4.69) is 45.4 Å². The smallest absolute Gasteiger partial charge is 0.0931 e. The second-order valence-electron chi connectivity index (χ2n) is 5.49. The van der Waals surface area contributed by atoms with E-state index >= 15 is 0 Å². The summed E-state index contributed by atoms with van der Waals surface area (Å²) in [6.07, 6.45) is 4.42. The molecule has 0 atom stereocenters. The highest BCUT2D eigenvalue weighted by molar-refractivity contribution is 5.79. The molecule has 0 aliphatic heterocycles. The Kier molecular flexibility index (Phi) is 2.74. The van der Waals surface area contributed by atoms with Crippen molar-refractivity contribution in [2.75, 3.05) is 32.1 Å². The van der Waals surface area contributed by atoms with Gasteiger partial charge < -0.3 is 15.2 Å². The Balaban J connectivity index is 1.77. The van der Waals surface area contributed by atoms with Gasteiger partial charge in [0.25, 0.3) is 0 Å². The van der Waals surface area contributed by atoms with Gasteiger partial charge in [0, 0.05) is 31.2 Å². The number of hydrogen-bond acceptors (Lipinski definition) is 3. The molecule has 1 aromatic heterocycles. The first-order chi connectivity index (χ1) is 8.72. The molecule has 1 fully saturated rings. The second-order valence-corrected chi connectivity index (χ2v) is 5.49. The standard InChI is InChI=1S/C14H20N4/c1-15-8-14(5-6-14)9-18(2)11-3-4-12-13(7-11)17-10-16-12/h3-4,7,10,15H,5-6,8-9H2,1-2H3,(H,16,17). The lowest BCUT2D eigenvalue weighted by Crippen LogP contribution is -2.32. The molecule has 1 aliphatic rings. The predicted molar refractivity (Wildman–Crippen MR) is 75.0 cm³/mol. The van der Waals surface area contributed by atoms with Crippen molar-refractivity contribution < 1.29 is 0 Å². The van der Waals surface area contributed by atoms with E-state index in [1.807, 2.05) is 7.05 Å². The number of nitrogens with one attached hydrogen (secondary N) is 2. The Labute approximate surface area is 107 Å².